The predicted octanol–water partition coefficient (Wildman–Crippen LogP) is 0.899. The molecule has 0 aromatic rings. The molecule has 0 unspecified atom stereocenters. The molecule has 6 heavy (non-hydrogen) atoms. The standard InChI is InChI=1S/C3H5.CHN.Al/c1-3-2;1-2;/h3H,1-2H2;1H;. The first kappa shape index (κ1) is 9.23. The van der Waals surface area contributed by atoms with Crippen molar-refractivity contribution in [3.05, 3.63) is 12.7 Å². The van der Waals surface area contributed by atoms with E-state index in [0.29, 0.717) is 0 Å². The Balaban J connectivity index is 0. The fraction of sp³-hybridized carbons (Fsp3) is 0.250. The molecule has 0 fully saturated rings. The zero-order valence-corrected chi connectivity index (χ0v) is 4.75. The summed E-state index contributed by atoms with van der Waals surface area (Å²) >= 11 is 2.54. The Labute approximate surface area is 46.7 Å². The fourth-order valence-corrected chi connectivity index (χ4v) is 0. The first-order chi connectivity index (χ1) is 2.91. The van der Waals surface area contributed by atoms with E-state index in [1.165, 1.54) is 0 Å². The quantitative estimate of drug-likeness (QED) is 0.350. The highest BCUT2D eigenvalue weighted by Gasteiger charge is 1.46. The molecule has 0 aromatic heterocycles. The lowest BCUT2D eigenvalue weighted by atomic mass is 10.8. The Bertz CT molecular complexity index is 40.1. The third kappa shape index (κ3) is 49.4. The summed E-state index contributed by atoms with van der Waals surface area (Å²) in [6, 6.07) is 0. The molecule has 0 aliphatic heterocycles. The number of allylic oxidation sites excluding steroid dienone is 1. The lowest BCUT2D eigenvalue weighted by Crippen LogP contribution is -1.47. The van der Waals surface area contributed by atoms with Gasteiger partial charge in [0.25, 0.3) is 0 Å². The van der Waals surface area contributed by atoms with Crippen LogP contribution >= 0.6 is 0 Å². The Morgan fingerprint density at radius 2 is 2.00 bits per heavy atom. The molecule has 0 spiro atoms. The molecule has 0 saturated heterocycles. The van der Waals surface area contributed by atoms with Crippen LogP contribution in [-0.2, 0) is 0 Å². The van der Waals surface area contributed by atoms with Crippen LogP contribution < -0.4 is 0 Å². The highest BCUT2D eigenvalue weighted by Crippen LogP contribution is 1.61. The van der Waals surface area contributed by atoms with Crippen molar-refractivity contribution in [1.82, 2.24) is 0 Å². The average Bonchev–Trinajstić information content (AvgIpc) is 1.72. The molecule has 0 heterocycles. The van der Waals surface area contributed by atoms with Crippen molar-refractivity contribution in [1.29, 1.82) is 5.26 Å². The lowest BCUT2D eigenvalue weighted by molar-refractivity contribution is 1.58. The maximum absolute atomic E-state index is 6.50. The Morgan fingerprint density at radius 1 is 1.83 bits per heavy atom. The molecule has 1 nitrogen and oxygen atoms in total. The molecular formula is C4H6AlN. The second kappa shape index (κ2) is 21.7. The van der Waals surface area contributed by atoms with E-state index in [4.69, 9.17) is 5.26 Å². The van der Waals surface area contributed by atoms with E-state index < -0.39 is 0 Å². The number of rotatable bonds is 1. The minimum absolute atomic E-state index is 1.00. The van der Waals surface area contributed by atoms with E-state index in [0.717, 1.165) is 5.28 Å². The maximum atomic E-state index is 6.50. The summed E-state index contributed by atoms with van der Waals surface area (Å²) in [4.78, 5) is 0. The van der Waals surface area contributed by atoms with Gasteiger partial charge in [-0.05, 0) is 0 Å². The van der Waals surface area contributed by atoms with Crippen LogP contribution in [0.2, 0.25) is 5.28 Å². The molecule has 2 radical (unpaired) electrons. The van der Waals surface area contributed by atoms with Gasteiger partial charge in [-0.2, -0.15) is 0 Å². The molecule has 30 valence electrons. The Kier molecular flexibility index (Phi) is 33.4. The molecule has 0 aromatic carbocycles. The third-order valence-electron chi connectivity index (χ3n) is 0.167. The summed E-state index contributed by atoms with van der Waals surface area (Å²) < 4.78 is 0. The van der Waals surface area contributed by atoms with E-state index in [1.807, 2.05) is 6.08 Å². The minimum atomic E-state index is 1.00. The van der Waals surface area contributed by atoms with Crippen LogP contribution in [0.5, 0.6) is 0 Å². The summed E-state index contributed by atoms with van der Waals surface area (Å²) in [5, 5.41) is 7.50. The lowest BCUT2D eigenvalue weighted by Gasteiger charge is -1.58. The van der Waals surface area contributed by atoms with Gasteiger partial charge in [0.2, 0.25) is 0 Å². The molecule has 0 amide bonds. The van der Waals surface area contributed by atoms with Crippen LogP contribution in [0.25, 0.3) is 0 Å². The Morgan fingerprint density at radius 3 is 2.00 bits per heavy atom. The Hall–Kier alpha value is -0.238. The van der Waals surface area contributed by atoms with E-state index in [1.54, 1.807) is 0 Å². The van der Waals surface area contributed by atoms with Gasteiger partial charge in [0.05, 0.1) is 0 Å². The molecule has 0 atom stereocenters. The van der Waals surface area contributed by atoms with Crippen LogP contribution in [0.4, 0.5) is 0 Å². The van der Waals surface area contributed by atoms with E-state index >= 15 is 0 Å². The van der Waals surface area contributed by atoms with Crippen molar-refractivity contribution >= 4 is 16.3 Å². The minimum Gasteiger partial charge on any atom is -0.202 e. The van der Waals surface area contributed by atoms with Gasteiger partial charge in [0, 0.05) is 6.57 Å². The normalized spacial score (nSPS) is 4.33. The van der Waals surface area contributed by atoms with Gasteiger partial charge >= 0.3 is 0 Å². The van der Waals surface area contributed by atoms with Gasteiger partial charge in [-0.25, -0.2) is 5.26 Å². The van der Waals surface area contributed by atoms with Crippen molar-refractivity contribution in [2.75, 3.05) is 0 Å². The number of hydrogen-bond donors (Lipinski definition) is 0. The molecule has 0 bridgehead atoms. The van der Waals surface area contributed by atoms with Gasteiger partial charge in [-0.3, -0.25) is 0 Å². The topological polar surface area (TPSA) is 23.8 Å². The molecule has 0 rings (SSSR count). The maximum Gasteiger partial charge on any atom is 0.124 e. The smallest absolute Gasteiger partial charge is 0.124 e. The van der Waals surface area contributed by atoms with Gasteiger partial charge in [0.15, 0.2) is 0 Å². The zero-order valence-electron chi connectivity index (χ0n) is 3.59. The first-order valence-electron chi connectivity index (χ1n) is 1.48. The molecule has 0 saturated carbocycles. The summed E-state index contributed by atoms with van der Waals surface area (Å²) in [6.45, 7) is 6.96. The molecule has 0 aliphatic rings. The third-order valence-corrected chi connectivity index (χ3v) is 0.500. The number of nitriles is 1. The largest absolute Gasteiger partial charge is 0.202 e. The van der Waals surface area contributed by atoms with Gasteiger partial charge in [-0.15, -0.1) is 17.9 Å². The van der Waals surface area contributed by atoms with Crippen molar-refractivity contribution in [3.8, 4) is 6.57 Å². The predicted molar refractivity (Wildman–Crippen MR) is 27.4 cm³/mol. The summed E-state index contributed by atoms with van der Waals surface area (Å²) in [5.74, 6) is 0. The van der Waals surface area contributed by atoms with Crippen LogP contribution in [0.3, 0.4) is 0 Å². The summed E-state index contributed by atoms with van der Waals surface area (Å²) in [6.07, 6.45) is 1.84. The number of nitrogens with zero attached hydrogens (tertiary/aromatic N) is 1. The van der Waals surface area contributed by atoms with Crippen LogP contribution in [0.15, 0.2) is 12.7 Å². The first-order valence-corrected chi connectivity index (χ1v) is 2.30. The summed E-state index contributed by atoms with van der Waals surface area (Å²) in [7, 11) is 0. The number of hydrogen-bond acceptors (Lipinski definition) is 1. The molecule has 2 heteroatoms. The zero-order chi connectivity index (χ0) is 5.41. The van der Waals surface area contributed by atoms with Crippen molar-refractivity contribution in [2.24, 2.45) is 0 Å². The van der Waals surface area contributed by atoms with Crippen molar-refractivity contribution < 1.29 is 0 Å². The van der Waals surface area contributed by atoms with E-state index in [2.05, 4.69) is 29.4 Å². The van der Waals surface area contributed by atoms with Gasteiger partial charge in [0.1, 0.15) is 16.3 Å². The van der Waals surface area contributed by atoms with E-state index in [9.17, 15) is 0 Å². The monoisotopic (exact) mass is 95.0 g/mol. The van der Waals surface area contributed by atoms with E-state index in [-0.39, 0.29) is 0 Å². The van der Waals surface area contributed by atoms with Crippen molar-refractivity contribution in [3.63, 3.8) is 0 Å². The summed E-state index contributed by atoms with van der Waals surface area (Å²) in [5.41, 5.74) is 0. The SMILES string of the molecule is C#N.C=C[CH2][Al]. The molecular weight excluding hydrogens is 89.0 g/mol. The van der Waals surface area contributed by atoms with Crippen molar-refractivity contribution in [2.45, 2.75) is 5.28 Å². The van der Waals surface area contributed by atoms with Gasteiger partial charge in [-0.1, -0.05) is 0 Å². The van der Waals surface area contributed by atoms with Crippen LogP contribution in [0.1, 0.15) is 0 Å². The second-order valence-corrected chi connectivity index (χ2v) is 0.996. The second-order valence-electron chi connectivity index (χ2n) is 0.524. The van der Waals surface area contributed by atoms with Crippen LogP contribution in [0, 0.1) is 11.8 Å². The fourth-order valence-electron chi connectivity index (χ4n) is 0. The van der Waals surface area contributed by atoms with Gasteiger partial charge < -0.3 is 0 Å². The molecule has 0 N–H and O–H groups in total. The van der Waals surface area contributed by atoms with Crippen LogP contribution in [-0.4, -0.2) is 16.3 Å². The molecule has 0 aliphatic carbocycles. The average molecular weight is 95.1 g/mol. The highest BCUT2D eigenvalue weighted by atomic mass is 27.0. The highest BCUT2D eigenvalue weighted by molar-refractivity contribution is 6.09.